The standard InChI is InChI=1S/C21H20O6/c1-4-25-16-9-10-19-17(11-16)13(2)20(27-19)21(23)26-12-18(22)14-5-7-15(24-3)8-6-14/h5-11H,4,12H2,1-3H3. The molecular weight excluding hydrogens is 348 g/mol. The van der Waals surface area contributed by atoms with Crippen LogP contribution in [0.2, 0.25) is 0 Å². The zero-order chi connectivity index (χ0) is 19.4. The highest BCUT2D eigenvalue weighted by atomic mass is 16.5. The maximum absolute atomic E-state index is 12.4. The third-order valence-corrected chi connectivity index (χ3v) is 4.15. The lowest BCUT2D eigenvalue weighted by molar-refractivity contribution is 0.0445. The Morgan fingerprint density at radius 3 is 2.41 bits per heavy atom. The first-order valence-corrected chi connectivity index (χ1v) is 8.53. The summed E-state index contributed by atoms with van der Waals surface area (Å²) >= 11 is 0. The van der Waals surface area contributed by atoms with Crippen LogP contribution in [0, 0.1) is 6.92 Å². The van der Waals surface area contributed by atoms with Crippen molar-refractivity contribution in [1.29, 1.82) is 0 Å². The Morgan fingerprint density at radius 1 is 1.04 bits per heavy atom. The smallest absolute Gasteiger partial charge is 0.375 e. The van der Waals surface area contributed by atoms with E-state index in [1.165, 1.54) is 0 Å². The van der Waals surface area contributed by atoms with Gasteiger partial charge in [0.1, 0.15) is 17.1 Å². The van der Waals surface area contributed by atoms with Gasteiger partial charge in [0.25, 0.3) is 0 Å². The average Bonchev–Trinajstić information content (AvgIpc) is 3.02. The molecule has 6 heteroatoms. The molecule has 0 aliphatic carbocycles. The molecule has 0 atom stereocenters. The Hall–Kier alpha value is -3.28. The molecule has 6 nitrogen and oxygen atoms in total. The number of carbonyl (C=O) groups excluding carboxylic acids is 2. The molecule has 27 heavy (non-hydrogen) atoms. The van der Waals surface area contributed by atoms with Gasteiger partial charge in [-0.1, -0.05) is 0 Å². The van der Waals surface area contributed by atoms with E-state index in [0.717, 1.165) is 5.39 Å². The van der Waals surface area contributed by atoms with Crippen LogP contribution in [-0.2, 0) is 4.74 Å². The normalized spacial score (nSPS) is 10.6. The number of esters is 1. The number of furan rings is 1. The number of benzene rings is 2. The van der Waals surface area contributed by atoms with Crippen LogP contribution in [0.25, 0.3) is 11.0 Å². The zero-order valence-corrected chi connectivity index (χ0v) is 15.4. The fourth-order valence-corrected chi connectivity index (χ4v) is 2.71. The van der Waals surface area contributed by atoms with Gasteiger partial charge in [0.15, 0.2) is 12.4 Å². The number of carbonyl (C=O) groups is 2. The van der Waals surface area contributed by atoms with Gasteiger partial charge in [0.2, 0.25) is 5.76 Å². The lowest BCUT2D eigenvalue weighted by atomic mass is 10.1. The highest BCUT2D eigenvalue weighted by Crippen LogP contribution is 2.29. The Morgan fingerprint density at radius 2 is 1.74 bits per heavy atom. The van der Waals surface area contributed by atoms with Crippen LogP contribution in [0.5, 0.6) is 11.5 Å². The van der Waals surface area contributed by atoms with Crippen LogP contribution < -0.4 is 9.47 Å². The van der Waals surface area contributed by atoms with E-state index in [4.69, 9.17) is 18.6 Å². The van der Waals surface area contributed by atoms with Gasteiger partial charge in [-0.2, -0.15) is 0 Å². The molecule has 0 amide bonds. The third-order valence-electron chi connectivity index (χ3n) is 4.15. The lowest BCUT2D eigenvalue weighted by Gasteiger charge is -2.04. The highest BCUT2D eigenvalue weighted by molar-refractivity contribution is 6.00. The minimum absolute atomic E-state index is 0.0844. The lowest BCUT2D eigenvalue weighted by Crippen LogP contribution is -2.14. The molecular formula is C21H20O6. The van der Waals surface area contributed by atoms with Gasteiger partial charge < -0.3 is 18.6 Å². The minimum atomic E-state index is -0.677. The predicted molar refractivity (Wildman–Crippen MR) is 99.7 cm³/mol. The molecule has 3 aromatic rings. The van der Waals surface area contributed by atoms with Crippen molar-refractivity contribution in [3.63, 3.8) is 0 Å². The van der Waals surface area contributed by atoms with Crippen molar-refractivity contribution in [1.82, 2.24) is 0 Å². The number of hydrogen-bond acceptors (Lipinski definition) is 6. The summed E-state index contributed by atoms with van der Waals surface area (Å²) in [6.07, 6.45) is 0. The molecule has 0 unspecified atom stereocenters. The van der Waals surface area contributed by atoms with Gasteiger partial charge >= 0.3 is 5.97 Å². The Kier molecular flexibility index (Phi) is 5.45. The molecule has 0 saturated heterocycles. The molecule has 1 heterocycles. The van der Waals surface area contributed by atoms with Crippen LogP contribution in [0.4, 0.5) is 0 Å². The van der Waals surface area contributed by atoms with Crippen molar-refractivity contribution in [2.45, 2.75) is 13.8 Å². The van der Waals surface area contributed by atoms with Crippen LogP contribution in [0.1, 0.15) is 33.4 Å². The van der Waals surface area contributed by atoms with E-state index in [1.54, 1.807) is 50.4 Å². The molecule has 0 N–H and O–H groups in total. The number of aryl methyl sites for hydroxylation is 1. The van der Waals surface area contributed by atoms with Crippen molar-refractivity contribution in [3.05, 3.63) is 59.4 Å². The van der Waals surface area contributed by atoms with Crippen molar-refractivity contribution in [3.8, 4) is 11.5 Å². The van der Waals surface area contributed by atoms with Crippen LogP contribution in [0.15, 0.2) is 46.9 Å². The van der Waals surface area contributed by atoms with E-state index in [-0.39, 0.29) is 18.2 Å². The van der Waals surface area contributed by atoms with Crippen LogP contribution in [-0.4, -0.2) is 32.1 Å². The molecule has 3 rings (SSSR count). The quantitative estimate of drug-likeness (QED) is 0.460. The first-order chi connectivity index (χ1) is 13.0. The van der Waals surface area contributed by atoms with E-state index in [0.29, 0.717) is 34.8 Å². The summed E-state index contributed by atoms with van der Waals surface area (Å²) < 4.78 is 21.3. The third kappa shape index (κ3) is 3.95. The van der Waals surface area contributed by atoms with Crippen molar-refractivity contribution in [2.24, 2.45) is 0 Å². The van der Waals surface area contributed by atoms with Gasteiger partial charge in [0, 0.05) is 16.5 Å². The molecule has 1 aromatic heterocycles. The summed E-state index contributed by atoms with van der Waals surface area (Å²) in [7, 11) is 1.55. The molecule has 0 aliphatic rings. The first-order valence-electron chi connectivity index (χ1n) is 8.53. The summed E-state index contributed by atoms with van der Waals surface area (Å²) in [5, 5.41) is 0.773. The Bertz CT molecular complexity index is 968. The fourth-order valence-electron chi connectivity index (χ4n) is 2.71. The monoisotopic (exact) mass is 368 g/mol. The molecule has 140 valence electrons. The molecule has 0 bridgehead atoms. The second-order valence-electron chi connectivity index (χ2n) is 5.87. The second-order valence-corrected chi connectivity index (χ2v) is 5.87. The largest absolute Gasteiger partial charge is 0.497 e. The van der Waals surface area contributed by atoms with Gasteiger partial charge in [-0.15, -0.1) is 0 Å². The number of Topliss-reactive ketones (excluding diaryl/α,β-unsaturated/α-hetero) is 1. The number of fused-ring (bicyclic) bond motifs is 1. The van der Waals surface area contributed by atoms with Crippen molar-refractivity contribution < 1.29 is 28.2 Å². The number of rotatable bonds is 7. The number of ether oxygens (including phenoxy) is 3. The summed E-state index contributed by atoms with van der Waals surface area (Å²) in [6.45, 7) is 3.84. The van der Waals surface area contributed by atoms with E-state index in [9.17, 15) is 9.59 Å². The molecule has 0 spiro atoms. The molecule has 0 radical (unpaired) electrons. The SMILES string of the molecule is CCOc1ccc2oc(C(=O)OCC(=O)c3ccc(OC)cc3)c(C)c2c1. The van der Waals surface area contributed by atoms with Crippen molar-refractivity contribution in [2.75, 3.05) is 20.3 Å². The number of ketones is 1. The van der Waals surface area contributed by atoms with E-state index in [1.807, 2.05) is 13.0 Å². The summed E-state index contributed by atoms with van der Waals surface area (Å²) in [5.74, 6) is 0.444. The topological polar surface area (TPSA) is 75.0 Å². The maximum atomic E-state index is 12.4. The molecule has 0 aliphatic heterocycles. The van der Waals surface area contributed by atoms with Gasteiger partial charge in [0.05, 0.1) is 13.7 Å². The highest BCUT2D eigenvalue weighted by Gasteiger charge is 2.20. The Balaban J connectivity index is 1.71. The van der Waals surface area contributed by atoms with Gasteiger partial charge in [-0.05, 0) is 56.3 Å². The van der Waals surface area contributed by atoms with E-state index in [2.05, 4.69) is 0 Å². The van der Waals surface area contributed by atoms with E-state index >= 15 is 0 Å². The van der Waals surface area contributed by atoms with E-state index < -0.39 is 5.97 Å². The molecule has 2 aromatic carbocycles. The van der Waals surface area contributed by atoms with Gasteiger partial charge in [-0.3, -0.25) is 4.79 Å². The maximum Gasteiger partial charge on any atom is 0.375 e. The minimum Gasteiger partial charge on any atom is -0.497 e. The number of methoxy groups -OCH3 is 1. The summed E-state index contributed by atoms with van der Waals surface area (Å²) in [6, 6.07) is 11.9. The average molecular weight is 368 g/mol. The summed E-state index contributed by atoms with van der Waals surface area (Å²) in [5.41, 5.74) is 1.64. The molecule has 0 fully saturated rings. The zero-order valence-electron chi connectivity index (χ0n) is 15.4. The Labute approximate surface area is 156 Å². The predicted octanol–water partition coefficient (Wildman–Crippen LogP) is 4.19. The van der Waals surface area contributed by atoms with Crippen LogP contribution >= 0.6 is 0 Å². The number of hydrogen-bond donors (Lipinski definition) is 0. The molecule has 0 saturated carbocycles. The van der Waals surface area contributed by atoms with Crippen molar-refractivity contribution >= 4 is 22.7 Å². The fraction of sp³-hybridized carbons (Fsp3) is 0.238. The van der Waals surface area contributed by atoms with Gasteiger partial charge in [-0.25, -0.2) is 4.79 Å². The first kappa shape index (κ1) is 18.5. The van der Waals surface area contributed by atoms with Crippen LogP contribution in [0.3, 0.4) is 0 Å². The summed E-state index contributed by atoms with van der Waals surface area (Å²) in [4.78, 5) is 24.6. The second kappa shape index (κ2) is 7.95.